The molecule has 1 fully saturated rings. The lowest BCUT2D eigenvalue weighted by molar-refractivity contribution is -0.143. The van der Waals surface area contributed by atoms with Crippen molar-refractivity contribution < 1.29 is 9.53 Å². The SMILES string of the molecule is C=CCCCC[C@@H]1C[C@@H](C)OC1=O. The molecule has 0 saturated carbocycles. The number of rotatable bonds is 5. The standard InChI is InChI=1S/C11H18O2/c1-3-4-5-6-7-10-8-9(2)13-11(10)12/h3,9-10H,1,4-8H2,2H3/t9-,10-/m1/s1. The molecule has 2 atom stereocenters. The van der Waals surface area contributed by atoms with Crippen LogP contribution < -0.4 is 0 Å². The Balaban J connectivity index is 2.14. The van der Waals surface area contributed by atoms with Gasteiger partial charge in [0.1, 0.15) is 0 Å². The molecule has 1 aliphatic rings. The molecule has 0 aliphatic carbocycles. The Bertz CT molecular complexity index is 187. The summed E-state index contributed by atoms with van der Waals surface area (Å²) in [6, 6.07) is 0. The molecule has 0 aromatic heterocycles. The van der Waals surface area contributed by atoms with Gasteiger partial charge in [0.2, 0.25) is 0 Å². The lowest BCUT2D eigenvalue weighted by atomic mass is 9.98. The van der Waals surface area contributed by atoms with Crippen LogP contribution in [0.15, 0.2) is 12.7 Å². The average molecular weight is 182 g/mol. The first-order valence-corrected chi connectivity index (χ1v) is 5.05. The van der Waals surface area contributed by atoms with Gasteiger partial charge in [-0.2, -0.15) is 0 Å². The largest absolute Gasteiger partial charge is 0.462 e. The van der Waals surface area contributed by atoms with Crippen LogP contribution >= 0.6 is 0 Å². The minimum Gasteiger partial charge on any atom is -0.462 e. The van der Waals surface area contributed by atoms with Gasteiger partial charge in [0.15, 0.2) is 0 Å². The molecule has 0 amide bonds. The first-order valence-electron chi connectivity index (χ1n) is 5.05. The van der Waals surface area contributed by atoms with Crippen molar-refractivity contribution in [3.05, 3.63) is 12.7 Å². The summed E-state index contributed by atoms with van der Waals surface area (Å²) in [6.07, 6.45) is 7.26. The number of cyclic esters (lactones) is 1. The van der Waals surface area contributed by atoms with Crippen LogP contribution in [0.5, 0.6) is 0 Å². The van der Waals surface area contributed by atoms with E-state index in [0.29, 0.717) is 0 Å². The highest BCUT2D eigenvalue weighted by Crippen LogP contribution is 2.25. The molecule has 0 aromatic carbocycles. The topological polar surface area (TPSA) is 26.3 Å². The maximum Gasteiger partial charge on any atom is 0.309 e. The van der Waals surface area contributed by atoms with E-state index in [9.17, 15) is 4.79 Å². The molecule has 0 bridgehead atoms. The Kier molecular flexibility index (Phi) is 4.00. The lowest BCUT2D eigenvalue weighted by Gasteiger charge is -2.03. The van der Waals surface area contributed by atoms with Crippen LogP contribution in [0.1, 0.15) is 39.0 Å². The summed E-state index contributed by atoms with van der Waals surface area (Å²) < 4.78 is 5.07. The predicted octanol–water partition coefficient (Wildman–Crippen LogP) is 2.68. The normalized spacial score (nSPS) is 27.3. The van der Waals surface area contributed by atoms with Gasteiger partial charge in [0.25, 0.3) is 0 Å². The molecule has 13 heavy (non-hydrogen) atoms. The zero-order valence-electron chi connectivity index (χ0n) is 8.29. The van der Waals surface area contributed by atoms with Gasteiger partial charge in [-0.25, -0.2) is 0 Å². The number of ether oxygens (including phenoxy) is 1. The van der Waals surface area contributed by atoms with Gasteiger partial charge in [0, 0.05) is 0 Å². The minimum absolute atomic E-state index is 0.00565. The summed E-state index contributed by atoms with van der Waals surface area (Å²) in [4.78, 5) is 11.2. The first kappa shape index (κ1) is 10.3. The van der Waals surface area contributed by atoms with E-state index in [0.717, 1.165) is 32.1 Å². The number of hydrogen-bond acceptors (Lipinski definition) is 2. The third-order valence-corrected chi connectivity index (χ3v) is 2.48. The molecule has 2 nitrogen and oxygen atoms in total. The molecular formula is C11H18O2. The van der Waals surface area contributed by atoms with E-state index in [4.69, 9.17) is 4.74 Å². The monoisotopic (exact) mass is 182 g/mol. The van der Waals surface area contributed by atoms with E-state index < -0.39 is 0 Å². The van der Waals surface area contributed by atoms with Crippen molar-refractivity contribution in [3.8, 4) is 0 Å². The van der Waals surface area contributed by atoms with Crippen molar-refractivity contribution in [2.75, 3.05) is 0 Å². The fraction of sp³-hybridized carbons (Fsp3) is 0.727. The third-order valence-electron chi connectivity index (χ3n) is 2.48. The smallest absolute Gasteiger partial charge is 0.309 e. The van der Waals surface area contributed by atoms with Gasteiger partial charge in [-0.05, 0) is 32.6 Å². The number of esters is 1. The number of hydrogen-bond donors (Lipinski definition) is 0. The third kappa shape index (κ3) is 3.21. The number of unbranched alkanes of at least 4 members (excludes halogenated alkanes) is 2. The van der Waals surface area contributed by atoms with E-state index in [1.54, 1.807) is 0 Å². The second kappa shape index (κ2) is 5.05. The molecule has 1 aliphatic heterocycles. The Labute approximate surface area is 80.0 Å². The summed E-state index contributed by atoms with van der Waals surface area (Å²) in [5.41, 5.74) is 0. The second-order valence-corrected chi connectivity index (χ2v) is 3.75. The number of carbonyl (C=O) groups excluding carboxylic acids is 1. The quantitative estimate of drug-likeness (QED) is 0.371. The van der Waals surface area contributed by atoms with E-state index in [1.165, 1.54) is 0 Å². The highest BCUT2D eigenvalue weighted by Gasteiger charge is 2.30. The molecule has 2 heteroatoms. The average Bonchev–Trinajstić information content (AvgIpc) is 2.39. The summed E-state index contributed by atoms with van der Waals surface area (Å²) in [7, 11) is 0. The molecule has 1 heterocycles. The van der Waals surface area contributed by atoms with Crippen LogP contribution in [-0.4, -0.2) is 12.1 Å². The molecule has 74 valence electrons. The number of carbonyl (C=O) groups is 1. The van der Waals surface area contributed by atoms with Crippen LogP contribution in [-0.2, 0) is 9.53 Å². The zero-order valence-corrected chi connectivity index (χ0v) is 8.29. The molecule has 0 unspecified atom stereocenters. The first-order chi connectivity index (χ1) is 6.24. The van der Waals surface area contributed by atoms with Crippen LogP contribution in [0.3, 0.4) is 0 Å². The van der Waals surface area contributed by atoms with Crippen molar-refractivity contribution in [1.82, 2.24) is 0 Å². The van der Waals surface area contributed by atoms with Crippen molar-refractivity contribution in [3.63, 3.8) is 0 Å². The van der Waals surface area contributed by atoms with Crippen molar-refractivity contribution >= 4 is 5.97 Å². The van der Waals surface area contributed by atoms with Crippen molar-refractivity contribution in [1.29, 1.82) is 0 Å². The Morgan fingerprint density at radius 1 is 1.62 bits per heavy atom. The Morgan fingerprint density at radius 2 is 2.38 bits per heavy atom. The van der Waals surface area contributed by atoms with E-state index in [2.05, 4.69) is 6.58 Å². The van der Waals surface area contributed by atoms with Gasteiger partial charge < -0.3 is 4.74 Å². The molecule has 0 spiro atoms. The highest BCUT2D eigenvalue weighted by atomic mass is 16.5. The van der Waals surface area contributed by atoms with Gasteiger partial charge in [-0.1, -0.05) is 12.5 Å². The van der Waals surface area contributed by atoms with Crippen molar-refractivity contribution in [2.45, 2.75) is 45.1 Å². The summed E-state index contributed by atoms with van der Waals surface area (Å²) in [5, 5.41) is 0. The molecule has 1 saturated heterocycles. The van der Waals surface area contributed by atoms with Crippen LogP contribution in [0.4, 0.5) is 0 Å². The fourth-order valence-corrected chi connectivity index (χ4v) is 1.75. The van der Waals surface area contributed by atoms with E-state index in [-0.39, 0.29) is 18.0 Å². The molecule has 0 radical (unpaired) electrons. The number of allylic oxidation sites excluding steroid dienone is 1. The maximum absolute atomic E-state index is 11.2. The summed E-state index contributed by atoms with van der Waals surface area (Å²) in [6.45, 7) is 5.63. The Hall–Kier alpha value is -0.790. The molecule has 0 aromatic rings. The van der Waals surface area contributed by atoms with E-state index in [1.807, 2.05) is 13.0 Å². The minimum atomic E-state index is 0.00565. The van der Waals surface area contributed by atoms with E-state index >= 15 is 0 Å². The summed E-state index contributed by atoms with van der Waals surface area (Å²) in [5.74, 6) is 0.172. The zero-order chi connectivity index (χ0) is 9.68. The van der Waals surface area contributed by atoms with Crippen molar-refractivity contribution in [2.24, 2.45) is 5.92 Å². The molecule has 0 N–H and O–H groups in total. The molecule has 1 rings (SSSR count). The van der Waals surface area contributed by atoms with Gasteiger partial charge in [-0.3, -0.25) is 4.79 Å². The van der Waals surface area contributed by atoms with Crippen LogP contribution in [0, 0.1) is 5.92 Å². The van der Waals surface area contributed by atoms with Gasteiger partial charge in [-0.15, -0.1) is 6.58 Å². The Morgan fingerprint density at radius 3 is 2.92 bits per heavy atom. The highest BCUT2D eigenvalue weighted by molar-refractivity contribution is 5.74. The second-order valence-electron chi connectivity index (χ2n) is 3.75. The predicted molar refractivity (Wildman–Crippen MR) is 52.3 cm³/mol. The maximum atomic E-state index is 11.2. The molecular weight excluding hydrogens is 164 g/mol. The van der Waals surface area contributed by atoms with Gasteiger partial charge in [0.05, 0.1) is 12.0 Å². The lowest BCUT2D eigenvalue weighted by Crippen LogP contribution is -2.06. The van der Waals surface area contributed by atoms with Gasteiger partial charge >= 0.3 is 5.97 Å². The summed E-state index contributed by atoms with van der Waals surface area (Å²) >= 11 is 0. The van der Waals surface area contributed by atoms with Crippen LogP contribution in [0.2, 0.25) is 0 Å². The van der Waals surface area contributed by atoms with Crippen LogP contribution in [0.25, 0.3) is 0 Å². The fourth-order valence-electron chi connectivity index (χ4n) is 1.75.